The Balaban J connectivity index is 3.36. The minimum absolute atomic E-state index is 0.138. The largest absolute Gasteiger partial charge is 0.414 e. The van der Waals surface area contributed by atoms with Crippen LogP contribution in [0.15, 0.2) is 0 Å². The quantitative estimate of drug-likeness (QED) is 0.502. The number of alkyl halides is 3. The smallest absolute Gasteiger partial charge is 0.320 e. The van der Waals surface area contributed by atoms with Crippen LogP contribution in [0.25, 0.3) is 0 Å². The second-order valence-electron chi connectivity index (χ2n) is 2.64. The monoisotopic (exact) mass is 214 g/mol. The van der Waals surface area contributed by atoms with Gasteiger partial charge in [0.05, 0.1) is 0 Å². The minimum atomic E-state index is -4.42. The molecule has 0 unspecified atom stereocenters. The first-order valence-corrected chi connectivity index (χ1v) is 4.07. The topological polar surface area (TPSA) is 50.4 Å². The molecule has 7 heteroatoms. The third-order valence-electron chi connectivity index (χ3n) is 1.25. The van der Waals surface area contributed by atoms with E-state index in [1.807, 2.05) is 0 Å². The van der Waals surface area contributed by atoms with E-state index in [1.165, 1.54) is 0 Å². The van der Waals surface area contributed by atoms with E-state index >= 15 is 0 Å². The number of rotatable bonds is 6. The Morgan fingerprint density at radius 1 is 1.43 bits per heavy atom. The number of hydroxylamine groups is 1. The zero-order chi connectivity index (χ0) is 11.0. The zero-order valence-corrected chi connectivity index (χ0v) is 7.78. The van der Waals surface area contributed by atoms with E-state index < -0.39 is 18.7 Å². The van der Waals surface area contributed by atoms with Gasteiger partial charge in [-0.05, 0) is 20.0 Å². The van der Waals surface area contributed by atoms with Crippen LogP contribution in [-0.4, -0.2) is 32.3 Å². The fourth-order valence-corrected chi connectivity index (χ4v) is 0.675. The molecule has 4 nitrogen and oxygen atoms in total. The highest BCUT2D eigenvalue weighted by atomic mass is 19.4. The fraction of sp³-hybridized carbons (Fsp3) is 0.857. The summed E-state index contributed by atoms with van der Waals surface area (Å²) in [7, 11) is 1.72. The molecule has 14 heavy (non-hydrogen) atoms. The van der Waals surface area contributed by atoms with E-state index in [0.717, 1.165) is 0 Å². The Labute approximate surface area is 79.8 Å². The van der Waals surface area contributed by atoms with Gasteiger partial charge in [-0.25, -0.2) is 5.48 Å². The lowest BCUT2D eigenvalue weighted by atomic mass is 10.3. The van der Waals surface area contributed by atoms with Crippen LogP contribution in [0.5, 0.6) is 0 Å². The van der Waals surface area contributed by atoms with E-state index in [-0.39, 0.29) is 6.42 Å². The summed E-state index contributed by atoms with van der Waals surface area (Å²) >= 11 is 0. The summed E-state index contributed by atoms with van der Waals surface area (Å²) in [5.74, 6) is -0.551. The Morgan fingerprint density at radius 2 is 2.07 bits per heavy atom. The maximum absolute atomic E-state index is 11.5. The molecule has 0 heterocycles. The average molecular weight is 214 g/mol. The molecule has 1 amide bonds. The van der Waals surface area contributed by atoms with Gasteiger partial charge in [-0.15, -0.1) is 0 Å². The second-order valence-corrected chi connectivity index (χ2v) is 2.64. The van der Waals surface area contributed by atoms with Crippen molar-refractivity contribution < 1.29 is 22.8 Å². The molecular formula is C7H13F3N2O2. The van der Waals surface area contributed by atoms with Gasteiger partial charge in [-0.3, -0.25) is 9.63 Å². The predicted octanol–water partition coefficient (Wildman–Crippen LogP) is 0.596. The van der Waals surface area contributed by atoms with Crippen molar-refractivity contribution in [3.8, 4) is 0 Å². The predicted molar refractivity (Wildman–Crippen MR) is 43.3 cm³/mol. The Hall–Kier alpha value is -0.820. The lowest BCUT2D eigenvalue weighted by Gasteiger charge is -2.07. The van der Waals surface area contributed by atoms with Gasteiger partial charge < -0.3 is 5.32 Å². The van der Waals surface area contributed by atoms with E-state index in [0.29, 0.717) is 13.0 Å². The number of hydrogen-bond acceptors (Lipinski definition) is 3. The van der Waals surface area contributed by atoms with Gasteiger partial charge in [0, 0.05) is 6.42 Å². The van der Waals surface area contributed by atoms with Gasteiger partial charge in [-0.2, -0.15) is 13.2 Å². The Bertz CT molecular complexity index is 173. The maximum atomic E-state index is 11.5. The molecule has 2 N–H and O–H groups in total. The molecular weight excluding hydrogens is 201 g/mol. The summed E-state index contributed by atoms with van der Waals surface area (Å²) in [5, 5.41) is 2.80. The van der Waals surface area contributed by atoms with Crippen LogP contribution < -0.4 is 10.8 Å². The minimum Gasteiger partial charge on any atom is -0.320 e. The van der Waals surface area contributed by atoms with Crippen molar-refractivity contribution in [1.82, 2.24) is 10.8 Å². The van der Waals surface area contributed by atoms with Gasteiger partial charge in [0.15, 0.2) is 6.61 Å². The number of nitrogens with one attached hydrogen (secondary N) is 2. The molecule has 0 rings (SSSR count). The van der Waals surface area contributed by atoms with Crippen molar-refractivity contribution in [2.45, 2.75) is 19.0 Å². The van der Waals surface area contributed by atoms with E-state index in [2.05, 4.69) is 10.2 Å². The molecule has 0 radical (unpaired) electrons. The molecule has 0 aromatic carbocycles. The molecule has 0 saturated carbocycles. The van der Waals surface area contributed by atoms with Crippen molar-refractivity contribution in [3.05, 3.63) is 0 Å². The molecule has 84 valence electrons. The standard InChI is InChI=1S/C7H13F3N2O2/c1-11-4-2-3-6(13)12-14-5-7(8,9)10/h11H,2-5H2,1H3,(H,12,13). The summed E-state index contributed by atoms with van der Waals surface area (Å²) in [6.07, 6.45) is -3.73. The van der Waals surface area contributed by atoms with E-state index in [4.69, 9.17) is 0 Å². The van der Waals surface area contributed by atoms with Crippen molar-refractivity contribution in [3.63, 3.8) is 0 Å². The summed E-state index contributed by atoms with van der Waals surface area (Å²) in [4.78, 5) is 14.7. The highest BCUT2D eigenvalue weighted by molar-refractivity contribution is 5.74. The molecule has 0 aliphatic rings. The zero-order valence-electron chi connectivity index (χ0n) is 7.78. The van der Waals surface area contributed by atoms with Gasteiger partial charge in [-0.1, -0.05) is 0 Å². The summed E-state index contributed by atoms with van der Waals surface area (Å²) in [5.41, 5.74) is 1.71. The second kappa shape index (κ2) is 6.61. The van der Waals surface area contributed by atoms with Crippen LogP contribution in [0.2, 0.25) is 0 Å². The number of carbonyl (C=O) groups excluding carboxylic acids is 1. The van der Waals surface area contributed by atoms with E-state index in [9.17, 15) is 18.0 Å². The first kappa shape index (κ1) is 13.2. The van der Waals surface area contributed by atoms with Crippen molar-refractivity contribution in [1.29, 1.82) is 0 Å². The third kappa shape index (κ3) is 9.27. The molecule has 0 aliphatic carbocycles. The molecule has 0 aromatic heterocycles. The molecule has 0 aliphatic heterocycles. The molecule has 0 spiro atoms. The van der Waals surface area contributed by atoms with Gasteiger partial charge >= 0.3 is 6.18 Å². The van der Waals surface area contributed by atoms with Crippen molar-refractivity contribution in [2.75, 3.05) is 20.2 Å². The average Bonchev–Trinajstić information content (AvgIpc) is 2.02. The maximum Gasteiger partial charge on any atom is 0.414 e. The van der Waals surface area contributed by atoms with Crippen LogP contribution in [0, 0.1) is 0 Å². The highest BCUT2D eigenvalue weighted by Crippen LogP contribution is 2.13. The van der Waals surface area contributed by atoms with Crippen LogP contribution in [0.1, 0.15) is 12.8 Å². The van der Waals surface area contributed by atoms with Crippen LogP contribution in [0.3, 0.4) is 0 Å². The summed E-state index contributed by atoms with van der Waals surface area (Å²) in [6.45, 7) is -0.836. The number of amides is 1. The lowest BCUT2D eigenvalue weighted by molar-refractivity contribution is -0.191. The lowest BCUT2D eigenvalue weighted by Crippen LogP contribution is -2.29. The van der Waals surface area contributed by atoms with Gasteiger partial charge in [0.1, 0.15) is 0 Å². The SMILES string of the molecule is CNCCCC(=O)NOCC(F)(F)F. The summed E-state index contributed by atoms with van der Waals surface area (Å²) in [6, 6.07) is 0. The number of hydrogen-bond donors (Lipinski definition) is 2. The van der Waals surface area contributed by atoms with Crippen molar-refractivity contribution in [2.24, 2.45) is 0 Å². The number of halogens is 3. The first-order valence-electron chi connectivity index (χ1n) is 4.07. The Morgan fingerprint density at radius 3 is 2.57 bits per heavy atom. The highest BCUT2D eigenvalue weighted by Gasteiger charge is 2.28. The molecule has 0 fully saturated rings. The van der Waals surface area contributed by atoms with Gasteiger partial charge in [0.25, 0.3) is 0 Å². The Kier molecular flexibility index (Phi) is 6.22. The summed E-state index contributed by atoms with van der Waals surface area (Å²) < 4.78 is 34.6. The third-order valence-corrected chi connectivity index (χ3v) is 1.25. The molecule has 0 bridgehead atoms. The first-order chi connectivity index (χ1) is 6.45. The fourth-order valence-electron chi connectivity index (χ4n) is 0.675. The molecule has 0 aromatic rings. The van der Waals surface area contributed by atoms with Crippen LogP contribution >= 0.6 is 0 Å². The molecule has 0 atom stereocenters. The number of carbonyl (C=O) groups is 1. The van der Waals surface area contributed by atoms with Crippen molar-refractivity contribution >= 4 is 5.91 Å². The molecule has 0 saturated heterocycles. The van der Waals surface area contributed by atoms with Crippen LogP contribution in [0.4, 0.5) is 13.2 Å². The van der Waals surface area contributed by atoms with Gasteiger partial charge in [0.2, 0.25) is 5.91 Å². The van der Waals surface area contributed by atoms with E-state index in [1.54, 1.807) is 12.5 Å². The van der Waals surface area contributed by atoms with Crippen LogP contribution in [-0.2, 0) is 9.63 Å². The normalized spacial score (nSPS) is 11.4.